The molecule has 0 saturated carbocycles. The van der Waals surface area contributed by atoms with Gasteiger partial charge in [-0.05, 0) is 17.7 Å². The predicted octanol–water partition coefficient (Wildman–Crippen LogP) is 3.39. The summed E-state index contributed by atoms with van der Waals surface area (Å²) >= 11 is 0. The molecule has 0 fully saturated rings. The average molecular weight is 294 g/mol. The fourth-order valence-corrected chi connectivity index (χ4v) is 2.19. The van der Waals surface area contributed by atoms with Crippen LogP contribution in [0.5, 0.6) is 0 Å². The summed E-state index contributed by atoms with van der Waals surface area (Å²) in [5, 5.41) is 14.3. The fraction of sp³-hybridized carbons (Fsp3) is 0.0625. The number of nitro benzene ring substituents is 1. The number of anilines is 1. The Morgan fingerprint density at radius 1 is 1.18 bits per heavy atom. The molecule has 0 saturated heterocycles. The molecule has 0 atom stereocenters. The topological polar surface area (TPSA) is 73.0 Å². The van der Waals surface area contributed by atoms with Gasteiger partial charge in [-0.15, -0.1) is 0 Å². The second kappa shape index (κ2) is 6.09. The van der Waals surface area contributed by atoms with Crippen LogP contribution in [-0.4, -0.2) is 14.5 Å². The van der Waals surface area contributed by atoms with Crippen molar-refractivity contribution in [2.24, 2.45) is 0 Å². The van der Waals surface area contributed by atoms with Gasteiger partial charge in [0, 0.05) is 30.7 Å². The van der Waals surface area contributed by atoms with Crippen LogP contribution in [0.4, 0.5) is 11.4 Å². The second-order valence-electron chi connectivity index (χ2n) is 4.77. The van der Waals surface area contributed by atoms with Crippen molar-refractivity contribution in [3.8, 4) is 5.69 Å². The van der Waals surface area contributed by atoms with Crippen molar-refractivity contribution in [1.82, 2.24) is 9.55 Å². The molecule has 22 heavy (non-hydrogen) atoms. The van der Waals surface area contributed by atoms with E-state index in [0.717, 1.165) is 11.3 Å². The Morgan fingerprint density at radius 2 is 2.00 bits per heavy atom. The number of nitrogens with zero attached hydrogens (tertiary/aromatic N) is 3. The molecule has 0 aliphatic heterocycles. The van der Waals surface area contributed by atoms with Gasteiger partial charge in [0.1, 0.15) is 5.69 Å². The fourth-order valence-electron chi connectivity index (χ4n) is 2.19. The van der Waals surface area contributed by atoms with E-state index in [1.54, 1.807) is 35.4 Å². The van der Waals surface area contributed by atoms with Crippen molar-refractivity contribution in [2.75, 3.05) is 5.32 Å². The molecular formula is C16H14N4O2. The molecule has 0 aliphatic rings. The highest BCUT2D eigenvalue weighted by Crippen LogP contribution is 2.27. The van der Waals surface area contributed by atoms with Crippen molar-refractivity contribution in [3.63, 3.8) is 0 Å². The third kappa shape index (κ3) is 2.95. The molecule has 110 valence electrons. The molecule has 6 nitrogen and oxygen atoms in total. The number of nitro groups is 1. The Labute approximate surface area is 127 Å². The number of hydrogen-bond acceptors (Lipinski definition) is 4. The summed E-state index contributed by atoms with van der Waals surface area (Å²) in [4.78, 5) is 14.8. The third-order valence-electron chi connectivity index (χ3n) is 3.31. The minimum atomic E-state index is -0.384. The van der Waals surface area contributed by atoms with Crippen molar-refractivity contribution in [2.45, 2.75) is 6.54 Å². The van der Waals surface area contributed by atoms with Gasteiger partial charge in [-0.3, -0.25) is 10.1 Å². The van der Waals surface area contributed by atoms with Gasteiger partial charge < -0.3 is 9.88 Å². The summed E-state index contributed by atoms with van der Waals surface area (Å²) in [5.41, 5.74) is 2.42. The maximum Gasteiger partial charge on any atom is 0.292 e. The SMILES string of the molecule is O=[N+]([O-])c1ccc(-n2ccnc2)cc1NCc1ccccc1. The quantitative estimate of drug-likeness (QED) is 0.578. The van der Waals surface area contributed by atoms with Gasteiger partial charge in [0.2, 0.25) is 0 Å². The van der Waals surface area contributed by atoms with Gasteiger partial charge >= 0.3 is 0 Å². The molecule has 0 unspecified atom stereocenters. The van der Waals surface area contributed by atoms with Crippen LogP contribution in [0, 0.1) is 10.1 Å². The van der Waals surface area contributed by atoms with Crippen LogP contribution in [0.1, 0.15) is 5.56 Å². The van der Waals surface area contributed by atoms with E-state index in [1.165, 1.54) is 6.07 Å². The minimum absolute atomic E-state index is 0.0554. The lowest BCUT2D eigenvalue weighted by molar-refractivity contribution is -0.384. The molecule has 0 spiro atoms. The highest BCUT2D eigenvalue weighted by molar-refractivity contribution is 5.65. The minimum Gasteiger partial charge on any atom is -0.375 e. The number of nitrogens with one attached hydrogen (secondary N) is 1. The van der Waals surface area contributed by atoms with E-state index in [0.29, 0.717) is 12.2 Å². The van der Waals surface area contributed by atoms with Crippen LogP contribution < -0.4 is 5.32 Å². The largest absolute Gasteiger partial charge is 0.375 e. The van der Waals surface area contributed by atoms with Crippen LogP contribution >= 0.6 is 0 Å². The van der Waals surface area contributed by atoms with E-state index in [1.807, 2.05) is 30.3 Å². The van der Waals surface area contributed by atoms with E-state index in [4.69, 9.17) is 0 Å². The molecule has 0 bridgehead atoms. The first-order valence-corrected chi connectivity index (χ1v) is 6.78. The second-order valence-corrected chi connectivity index (χ2v) is 4.77. The summed E-state index contributed by atoms with van der Waals surface area (Å²) in [7, 11) is 0. The van der Waals surface area contributed by atoms with Crippen molar-refractivity contribution < 1.29 is 4.92 Å². The third-order valence-corrected chi connectivity index (χ3v) is 3.31. The number of benzene rings is 2. The number of imidazole rings is 1. The molecule has 0 radical (unpaired) electrons. The Hall–Kier alpha value is -3.15. The van der Waals surface area contributed by atoms with Crippen LogP contribution in [0.25, 0.3) is 5.69 Å². The lowest BCUT2D eigenvalue weighted by Crippen LogP contribution is -2.04. The molecule has 0 amide bonds. The number of rotatable bonds is 5. The monoisotopic (exact) mass is 294 g/mol. The summed E-state index contributed by atoms with van der Waals surface area (Å²) < 4.78 is 1.80. The molecule has 3 rings (SSSR count). The lowest BCUT2D eigenvalue weighted by Gasteiger charge is -2.10. The highest BCUT2D eigenvalue weighted by atomic mass is 16.6. The van der Waals surface area contributed by atoms with Gasteiger partial charge in [0.15, 0.2) is 0 Å². The zero-order chi connectivity index (χ0) is 15.4. The van der Waals surface area contributed by atoms with Gasteiger partial charge in [-0.25, -0.2) is 4.98 Å². The van der Waals surface area contributed by atoms with Crippen LogP contribution in [0.15, 0.2) is 67.3 Å². The lowest BCUT2D eigenvalue weighted by atomic mass is 10.2. The summed E-state index contributed by atoms with van der Waals surface area (Å²) in [6.07, 6.45) is 5.11. The maximum absolute atomic E-state index is 11.2. The molecule has 6 heteroatoms. The summed E-state index contributed by atoms with van der Waals surface area (Å²) in [5.74, 6) is 0. The van der Waals surface area contributed by atoms with Crippen LogP contribution in [-0.2, 0) is 6.54 Å². The first kappa shape index (κ1) is 13.8. The molecule has 1 aromatic heterocycles. The molecular weight excluding hydrogens is 280 g/mol. The molecule has 1 heterocycles. The zero-order valence-electron chi connectivity index (χ0n) is 11.7. The van der Waals surface area contributed by atoms with Gasteiger partial charge in [-0.1, -0.05) is 30.3 Å². The van der Waals surface area contributed by atoms with Gasteiger partial charge in [-0.2, -0.15) is 0 Å². The average Bonchev–Trinajstić information content (AvgIpc) is 3.08. The van der Waals surface area contributed by atoms with Crippen LogP contribution in [0.3, 0.4) is 0 Å². The molecule has 0 aliphatic carbocycles. The smallest absolute Gasteiger partial charge is 0.292 e. The van der Waals surface area contributed by atoms with E-state index in [-0.39, 0.29) is 10.6 Å². The van der Waals surface area contributed by atoms with Crippen molar-refractivity contribution >= 4 is 11.4 Å². The van der Waals surface area contributed by atoms with Gasteiger partial charge in [0.25, 0.3) is 5.69 Å². The van der Waals surface area contributed by atoms with E-state index >= 15 is 0 Å². The Bertz CT molecular complexity index is 770. The van der Waals surface area contributed by atoms with E-state index in [9.17, 15) is 10.1 Å². The Kier molecular flexibility index (Phi) is 3.82. The molecule has 1 N–H and O–H groups in total. The van der Waals surface area contributed by atoms with Gasteiger partial charge in [0.05, 0.1) is 11.3 Å². The van der Waals surface area contributed by atoms with E-state index in [2.05, 4.69) is 10.3 Å². The first-order valence-electron chi connectivity index (χ1n) is 6.78. The first-order chi connectivity index (χ1) is 10.7. The Balaban J connectivity index is 1.89. The van der Waals surface area contributed by atoms with Crippen LogP contribution in [0.2, 0.25) is 0 Å². The standard InChI is InChI=1S/C16H14N4O2/c21-20(22)16-7-6-14(19-9-8-17-12-19)10-15(16)18-11-13-4-2-1-3-5-13/h1-10,12,18H,11H2. The summed E-state index contributed by atoms with van der Waals surface area (Å²) in [6, 6.07) is 14.7. The molecule has 2 aromatic carbocycles. The highest BCUT2D eigenvalue weighted by Gasteiger charge is 2.14. The zero-order valence-corrected chi connectivity index (χ0v) is 11.7. The predicted molar refractivity (Wildman–Crippen MR) is 84.0 cm³/mol. The van der Waals surface area contributed by atoms with Crippen molar-refractivity contribution in [3.05, 3.63) is 82.9 Å². The number of hydrogen-bond donors (Lipinski definition) is 1. The van der Waals surface area contributed by atoms with Crippen molar-refractivity contribution in [1.29, 1.82) is 0 Å². The maximum atomic E-state index is 11.2. The normalized spacial score (nSPS) is 10.4. The Morgan fingerprint density at radius 3 is 2.68 bits per heavy atom. The number of aromatic nitrogens is 2. The van der Waals surface area contributed by atoms with E-state index < -0.39 is 0 Å². The summed E-state index contributed by atoms with van der Waals surface area (Å²) in [6.45, 7) is 0.523. The molecule has 3 aromatic rings.